The molecule has 0 heterocycles. The summed E-state index contributed by atoms with van der Waals surface area (Å²) in [6, 6.07) is 0. The Balaban J connectivity index is 2.09. The molecule has 3 fully saturated rings. The van der Waals surface area contributed by atoms with E-state index >= 15 is 0 Å². The molecule has 0 aromatic heterocycles. The molecular weight excluding hydrogens is 328 g/mol. The lowest BCUT2D eigenvalue weighted by molar-refractivity contribution is -0.135. The van der Waals surface area contributed by atoms with Gasteiger partial charge in [-0.15, -0.1) is 0 Å². The minimum absolute atomic E-state index is 0.303. The molecule has 3 rings (SSSR count). The quantitative estimate of drug-likeness (QED) is 0.388. The molecule has 0 aliphatic heterocycles. The van der Waals surface area contributed by atoms with E-state index in [-0.39, 0.29) is 5.97 Å². The Morgan fingerprint density at radius 1 is 1.57 bits per heavy atom. The smallest absolute Gasteiger partial charge is 0.344 e. The lowest BCUT2D eigenvalue weighted by Crippen LogP contribution is -2.43. The molecule has 0 radical (unpaired) electrons. The zero-order chi connectivity index (χ0) is 15.6. The molecule has 116 valence electrons. The van der Waals surface area contributed by atoms with Crippen LogP contribution in [0.25, 0.3) is 0 Å². The van der Waals surface area contributed by atoms with Crippen LogP contribution in [0, 0.1) is 17.3 Å². The lowest BCUT2D eigenvalue weighted by Gasteiger charge is -2.54. The van der Waals surface area contributed by atoms with E-state index in [4.69, 9.17) is 4.74 Å². The molecule has 0 aromatic rings. The van der Waals surface area contributed by atoms with Gasteiger partial charge in [0.05, 0.1) is 11.6 Å². The third-order valence-corrected chi connectivity index (χ3v) is 6.00. The first-order valence-corrected chi connectivity index (χ1v) is 8.46. The molecule has 0 amide bonds. The van der Waals surface area contributed by atoms with Gasteiger partial charge in [0.2, 0.25) is 0 Å². The maximum atomic E-state index is 11.4. The zero-order valence-electron chi connectivity index (χ0n) is 13.1. The molecule has 2 nitrogen and oxygen atoms in total. The maximum absolute atomic E-state index is 11.4. The van der Waals surface area contributed by atoms with Crippen LogP contribution in [0.2, 0.25) is 0 Å². The summed E-state index contributed by atoms with van der Waals surface area (Å²) in [5, 5.41) is 0. The summed E-state index contributed by atoms with van der Waals surface area (Å²) in [4.78, 5) is 11.4. The molecule has 3 aliphatic carbocycles. The first-order chi connectivity index (χ1) is 9.89. The minimum atomic E-state index is -0.305. The Morgan fingerprint density at radius 2 is 2.29 bits per heavy atom. The van der Waals surface area contributed by atoms with Gasteiger partial charge in [-0.05, 0) is 78.6 Å². The average molecular weight is 353 g/mol. The van der Waals surface area contributed by atoms with Crippen molar-refractivity contribution < 1.29 is 9.53 Å². The van der Waals surface area contributed by atoms with E-state index in [0.717, 1.165) is 19.3 Å². The summed E-state index contributed by atoms with van der Waals surface area (Å²) >= 11 is 3.29. The van der Waals surface area contributed by atoms with E-state index < -0.39 is 0 Å². The molecular formula is C18H25BrO2. The van der Waals surface area contributed by atoms with E-state index in [9.17, 15) is 4.79 Å². The number of halogens is 1. The van der Waals surface area contributed by atoms with Crippen molar-refractivity contribution in [2.24, 2.45) is 17.3 Å². The summed E-state index contributed by atoms with van der Waals surface area (Å²) < 4.78 is 5.23. The van der Waals surface area contributed by atoms with E-state index in [1.165, 1.54) is 37.5 Å². The number of allylic oxidation sites excluding steroid dienone is 3. The fourth-order valence-corrected chi connectivity index (χ4v) is 4.64. The summed E-state index contributed by atoms with van der Waals surface area (Å²) in [6.07, 6.45) is 8.79. The minimum Gasteiger partial charge on any atom is -0.465 e. The van der Waals surface area contributed by atoms with E-state index in [2.05, 4.69) is 36.0 Å². The summed E-state index contributed by atoms with van der Waals surface area (Å²) in [7, 11) is 1.40. The van der Waals surface area contributed by atoms with Crippen LogP contribution in [0.3, 0.4) is 0 Å². The summed E-state index contributed by atoms with van der Waals surface area (Å²) in [5.41, 5.74) is 3.04. The van der Waals surface area contributed by atoms with Crippen LogP contribution in [0.15, 0.2) is 34.9 Å². The van der Waals surface area contributed by atoms with Gasteiger partial charge >= 0.3 is 5.97 Å². The number of carbonyl (C=O) groups is 1. The summed E-state index contributed by atoms with van der Waals surface area (Å²) in [6.45, 7) is 10.7. The molecule has 0 saturated heterocycles. The Hall–Kier alpha value is -0.830. The SMILES string of the molecule is C=C1C[C@]2(CC/C=C(/Br)C(=O)OC)CC[C@H]1C[C@H]2C(=C)C. The van der Waals surface area contributed by atoms with Crippen LogP contribution in [0.4, 0.5) is 0 Å². The van der Waals surface area contributed by atoms with Crippen LogP contribution >= 0.6 is 15.9 Å². The van der Waals surface area contributed by atoms with Crippen molar-refractivity contribution in [3.8, 4) is 0 Å². The highest BCUT2D eigenvalue weighted by atomic mass is 79.9. The van der Waals surface area contributed by atoms with E-state index in [0.29, 0.717) is 21.7 Å². The van der Waals surface area contributed by atoms with Crippen LogP contribution in [0.5, 0.6) is 0 Å². The number of rotatable bonds is 5. The van der Waals surface area contributed by atoms with Crippen molar-refractivity contribution in [2.75, 3.05) is 7.11 Å². The number of fused-ring (bicyclic) bond motifs is 3. The topological polar surface area (TPSA) is 26.3 Å². The first kappa shape index (κ1) is 16.5. The molecule has 0 aromatic carbocycles. The Labute approximate surface area is 136 Å². The Morgan fingerprint density at radius 3 is 2.86 bits per heavy atom. The summed E-state index contributed by atoms with van der Waals surface area (Å²) in [5.74, 6) is 0.999. The standard InChI is InChI=1S/C18H25BrO2/c1-12(2)15-10-14-7-9-18(15,11-13(14)3)8-5-6-16(19)17(20)21-4/h6,14-15H,1,3,5,7-11H2,2,4H3/b16-6+/t14-,15-,18-/m0/s1. The van der Waals surface area contributed by atoms with Crippen molar-refractivity contribution in [3.63, 3.8) is 0 Å². The van der Waals surface area contributed by atoms with Gasteiger partial charge in [0, 0.05) is 0 Å². The van der Waals surface area contributed by atoms with Gasteiger partial charge < -0.3 is 4.74 Å². The molecule has 0 unspecified atom stereocenters. The number of carbonyl (C=O) groups excluding carboxylic acids is 1. The fourth-order valence-electron chi connectivity index (χ4n) is 4.25. The van der Waals surface area contributed by atoms with E-state index in [1.807, 2.05) is 6.08 Å². The fraction of sp³-hybridized carbons (Fsp3) is 0.611. The third kappa shape index (κ3) is 3.33. The van der Waals surface area contributed by atoms with Crippen molar-refractivity contribution in [2.45, 2.75) is 45.4 Å². The molecule has 3 saturated carbocycles. The molecule has 21 heavy (non-hydrogen) atoms. The maximum Gasteiger partial charge on any atom is 0.344 e. The zero-order valence-corrected chi connectivity index (χ0v) is 14.7. The highest BCUT2D eigenvalue weighted by Gasteiger charge is 2.48. The lowest BCUT2D eigenvalue weighted by atomic mass is 9.51. The number of methoxy groups -OCH3 is 1. The van der Waals surface area contributed by atoms with Crippen molar-refractivity contribution >= 4 is 21.9 Å². The molecule has 0 N–H and O–H groups in total. The van der Waals surface area contributed by atoms with Gasteiger partial charge in [-0.1, -0.05) is 30.4 Å². The Bertz CT molecular complexity index is 491. The van der Waals surface area contributed by atoms with Crippen LogP contribution in [0.1, 0.15) is 45.4 Å². The normalized spacial score (nSPS) is 32.1. The van der Waals surface area contributed by atoms with Gasteiger partial charge in [0.1, 0.15) is 0 Å². The van der Waals surface area contributed by atoms with Crippen LogP contribution < -0.4 is 0 Å². The number of ether oxygens (including phenoxy) is 1. The van der Waals surface area contributed by atoms with E-state index in [1.54, 1.807) is 0 Å². The van der Waals surface area contributed by atoms with Crippen LogP contribution in [-0.2, 0) is 9.53 Å². The first-order valence-electron chi connectivity index (χ1n) is 7.66. The van der Waals surface area contributed by atoms with Gasteiger partial charge in [-0.2, -0.15) is 0 Å². The van der Waals surface area contributed by atoms with Crippen molar-refractivity contribution in [3.05, 3.63) is 34.9 Å². The predicted octanol–water partition coefficient (Wildman–Crippen LogP) is 5.16. The third-order valence-electron chi connectivity index (χ3n) is 5.35. The molecule has 3 atom stereocenters. The number of esters is 1. The average Bonchev–Trinajstić information content (AvgIpc) is 2.46. The molecule has 3 heteroatoms. The largest absolute Gasteiger partial charge is 0.465 e. The van der Waals surface area contributed by atoms with Crippen molar-refractivity contribution in [1.82, 2.24) is 0 Å². The van der Waals surface area contributed by atoms with Gasteiger partial charge in [-0.25, -0.2) is 4.79 Å². The van der Waals surface area contributed by atoms with Gasteiger partial charge in [0.25, 0.3) is 0 Å². The molecule has 3 aliphatic rings. The molecule has 0 spiro atoms. The number of hydrogen-bond donors (Lipinski definition) is 0. The number of hydrogen-bond acceptors (Lipinski definition) is 2. The monoisotopic (exact) mass is 352 g/mol. The second-order valence-electron chi connectivity index (χ2n) is 6.65. The highest BCUT2D eigenvalue weighted by molar-refractivity contribution is 9.12. The highest BCUT2D eigenvalue weighted by Crippen LogP contribution is 2.59. The second kappa shape index (κ2) is 6.51. The van der Waals surface area contributed by atoms with Crippen molar-refractivity contribution in [1.29, 1.82) is 0 Å². The second-order valence-corrected chi connectivity index (χ2v) is 7.50. The van der Waals surface area contributed by atoms with Crippen LogP contribution in [-0.4, -0.2) is 13.1 Å². The predicted molar refractivity (Wildman–Crippen MR) is 90.1 cm³/mol. The molecule has 2 bridgehead atoms. The van der Waals surface area contributed by atoms with Gasteiger partial charge in [0.15, 0.2) is 0 Å². The van der Waals surface area contributed by atoms with Gasteiger partial charge in [-0.3, -0.25) is 0 Å². The Kier molecular flexibility index (Phi) is 5.13.